The fourth-order valence-corrected chi connectivity index (χ4v) is 3.96. The molecule has 1 amide bonds. The number of nitro groups is 1. The Morgan fingerprint density at radius 3 is 2.38 bits per heavy atom. The van der Waals surface area contributed by atoms with Gasteiger partial charge in [-0.3, -0.25) is 14.9 Å². The average Bonchev–Trinajstić information content (AvgIpc) is 2.44. The lowest BCUT2D eigenvalue weighted by atomic mass is 10.0. The van der Waals surface area contributed by atoms with Crippen LogP contribution >= 0.6 is 0 Å². The van der Waals surface area contributed by atoms with E-state index in [1.165, 1.54) is 38.1 Å². The van der Waals surface area contributed by atoms with Crippen LogP contribution in [-0.2, 0) is 14.8 Å². The summed E-state index contributed by atoms with van der Waals surface area (Å²) in [6.45, 7) is 5.20. The van der Waals surface area contributed by atoms with Gasteiger partial charge in [0.05, 0.1) is 4.92 Å². The molecule has 9 heteroatoms. The summed E-state index contributed by atoms with van der Waals surface area (Å²) in [4.78, 5) is 23.6. The number of nitro benzene ring substituents is 1. The van der Waals surface area contributed by atoms with E-state index in [4.69, 9.17) is 0 Å². The molecule has 0 saturated carbocycles. The monoisotopic (exact) mass is 357 g/mol. The number of carbonyl (C=O) groups is 1. The average molecular weight is 357 g/mol. The van der Waals surface area contributed by atoms with E-state index in [1.54, 1.807) is 0 Å². The fraction of sp³-hybridized carbons (Fsp3) is 0.533. The highest BCUT2D eigenvalue weighted by molar-refractivity contribution is 7.89. The minimum absolute atomic E-state index is 0.0634. The molecule has 1 aromatic rings. The van der Waals surface area contributed by atoms with Crippen molar-refractivity contribution in [3.05, 3.63) is 33.9 Å². The zero-order valence-electron chi connectivity index (χ0n) is 14.4. The first-order chi connectivity index (χ1) is 11.0. The van der Waals surface area contributed by atoms with E-state index >= 15 is 0 Å². The first-order valence-electron chi connectivity index (χ1n) is 7.45. The molecule has 0 fully saturated rings. The number of carbonyl (C=O) groups excluding carboxylic acids is 1. The van der Waals surface area contributed by atoms with Gasteiger partial charge in [-0.1, -0.05) is 26.0 Å². The van der Waals surface area contributed by atoms with Gasteiger partial charge in [0.1, 0.15) is 6.04 Å². The third-order valence-corrected chi connectivity index (χ3v) is 5.06. The van der Waals surface area contributed by atoms with Crippen molar-refractivity contribution in [1.82, 2.24) is 9.62 Å². The summed E-state index contributed by atoms with van der Waals surface area (Å²) >= 11 is 0. The van der Waals surface area contributed by atoms with Crippen molar-refractivity contribution in [1.29, 1.82) is 0 Å². The lowest BCUT2D eigenvalue weighted by Gasteiger charge is -2.23. The number of rotatable bonds is 7. The molecule has 0 aliphatic rings. The predicted octanol–water partition coefficient (Wildman–Crippen LogP) is 1.68. The molecule has 0 saturated heterocycles. The van der Waals surface area contributed by atoms with Gasteiger partial charge in [0.15, 0.2) is 4.90 Å². The van der Waals surface area contributed by atoms with Gasteiger partial charge >= 0.3 is 0 Å². The molecule has 0 radical (unpaired) electrons. The maximum atomic E-state index is 12.7. The van der Waals surface area contributed by atoms with Gasteiger partial charge in [-0.2, -0.15) is 4.72 Å². The molecule has 1 atom stereocenters. The van der Waals surface area contributed by atoms with Crippen LogP contribution in [0, 0.1) is 23.0 Å². The van der Waals surface area contributed by atoms with E-state index in [2.05, 4.69) is 4.72 Å². The quantitative estimate of drug-likeness (QED) is 0.590. The van der Waals surface area contributed by atoms with Crippen molar-refractivity contribution in [2.24, 2.45) is 5.92 Å². The molecule has 0 spiro atoms. The van der Waals surface area contributed by atoms with Gasteiger partial charge in [0.25, 0.3) is 5.69 Å². The Labute approximate surface area is 142 Å². The number of hydrogen-bond acceptors (Lipinski definition) is 5. The molecule has 0 bridgehead atoms. The largest absolute Gasteiger partial charge is 0.347 e. The Morgan fingerprint density at radius 2 is 1.92 bits per heavy atom. The summed E-state index contributed by atoms with van der Waals surface area (Å²) in [5, 5.41) is 11.2. The van der Waals surface area contributed by atoms with Crippen LogP contribution in [0.2, 0.25) is 0 Å². The molecule has 0 aliphatic carbocycles. The molecular formula is C15H23N3O5S. The second-order valence-corrected chi connectivity index (χ2v) is 7.87. The first kappa shape index (κ1) is 20.0. The van der Waals surface area contributed by atoms with E-state index in [9.17, 15) is 23.3 Å². The highest BCUT2D eigenvalue weighted by Crippen LogP contribution is 2.27. The lowest BCUT2D eigenvalue weighted by Crippen LogP contribution is -2.47. The summed E-state index contributed by atoms with van der Waals surface area (Å²) in [6.07, 6.45) is 0.288. The van der Waals surface area contributed by atoms with Crippen molar-refractivity contribution >= 4 is 21.6 Å². The van der Waals surface area contributed by atoms with Crippen LogP contribution in [0.5, 0.6) is 0 Å². The van der Waals surface area contributed by atoms with Crippen molar-refractivity contribution in [2.75, 3.05) is 14.1 Å². The van der Waals surface area contributed by atoms with Crippen molar-refractivity contribution in [3.63, 3.8) is 0 Å². The van der Waals surface area contributed by atoms with Crippen molar-refractivity contribution < 1.29 is 18.1 Å². The number of hydrogen-bond donors (Lipinski definition) is 1. The van der Waals surface area contributed by atoms with Crippen LogP contribution in [-0.4, -0.2) is 44.3 Å². The molecule has 0 aliphatic heterocycles. The Kier molecular flexibility index (Phi) is 6.44. The van der Waals surface area contributed by atoms with Crippen LogP contribution < -0.4 is 4.72 Å². The summed E-state index contributed by atoms with van der Waals surface area (Å²) in [5.41, 5.74) is -0.264. The molecule has 8 nitrogen and oxygen atoms in total. The summed E-state index contributed by atoms with van der Waals surface area (Å²) in [6, 6.07) is 3.05. The predicted molar refractivity (Wildman–Crippen MR) is 90.1 cm³/mol. The van der Waals surface area contributed by atoms with Gasteiger partial charge in [0.2, 0.25) is 15.9 Å². The fourth-order valence-electron chi connectivity index (χ4n) is 2.36. The van der Waals surface area contributed by atoms with E-state index in [1.807, 2.05) is 13.8 Å². The summed E-state index contributed by atoms with van der Waals surface area (Å²) < 4.78 is 27.8. The Morgan fingerprint density at radius 1 is 1.33 bits per heavy atom. The number of aryl methyl sites for hydroxylation is 1. The van der Waals surface area contributed by atoms with E-state index in [0.29, 0.717) is 0 Å². The van der Waals surface area contributed by atoms with E-state index in [0.717, 1.165) is 6.07 Å². The number of sulfonamides is 1. The van der Waals surface area contributed by atoms with Crippen LogP contribution in [0.25, 0.3) is 0 Å². The van der Waals surface area contributed by atoms with Gasteiger partial charge in [0, 0.05) is 20.2 Å². The normalized spacial score (nSPS) is 12.9. The Bertz CT molecular complexity index is 729. The standard InChI is InChI=1S/C15H23N3O5S/c1-10(2)9-12(15(19)17(4)5)16-24(22,23)14-11(3)7-6-8-13(14)18(20)21/h6-8,10,12,16H,9H2,1-5H3. The maximum absolute atomic E-state index is 12.7. The van der Waals surface area contributed by atoms with E-state index < -0.39 is 37.5 Å². The minimum atomic E-state index is -4.23. The molecular weight excluding hydrogens is 334 g/mol. The van der Waals surface area contributed by atoms with Crippen LogP contribution in [0.3, 0.4) is 0 Å². The molecule has 0 heterocycles. The molecule has 134 valence electrons. The van der Waals surface area contributed by atoms with Crippen LogP contribution in [0.15, 0.2) is 23.1 Å². The Hall–Kier alpha value is -2.00. The molecule has 24 heavy (non-hydrogen) atoms. The highest BCUT2D eigenvalue weighted by Gasteiger charge is 2.33. The molecule has 1 aromatic carbocycles. The maximum Gasteiger partial charge on any atom is 0.289 e. The minimum Gasteiger partial charge on any atom is -0.347 e. The Balaban J connectivity index is 3.33. The van der Waals surface area contributed by atoms with Crippen molar-refractivity contribution in [2.45, 2.75) is 38.1 Å². The van der Waals surface area contributed by atoms with Crippen LogP contribution in [0.1, 0.15) is 25.8 Å². The third-order valence-electron chi connectivity index (χ3n) is 3.40. The lowest BCUT2D eigenvalue weighted by molar-refractivity contribution is -0.387. The second-order valence-electron chi connectivity index (χ2n) is 6.22. The summed E-state index contributed by atoms with van der Waals surface area (Å²) in [5.74, 6) is -0.336. The molecule has 1 N–H and O–H groups in total. The van der Waals surface area contributed by atoms with Gasteiger partial charge in [-0.25, -0.2) is 8.42 Å². The molecule has 0 aromatic heterocycles. The summed E-state index contributed by atoms with van der Waals surface area (Å²) in [7, 11) is -1.17. The van der Waals surface area contributed by atoms with Gasteiger partial charge in [-0.15, -0.1) is 0 Å². The number of benzene rings is 1. The SMILES string of the molecule is Cc1cccc([N+](=O)[O-])c1S(=O)(=O)NC(CC(C)C)C(=O)N(C)C. The topological polar surface area (TPSA) is 110 Å². The number of nitrogens with one attached hydrogen (secondary N) is 1. The smallest absolute Gasteiger partial charge is 0.289 e. The third kappa shape index (κ3) is 4.75. The van der Waals surface area contributed by atoms with Gasteiger partial charge in [-0.05, 0) is 24.8 Å². The van der Waals surface area contributed by atoms with Crippen LogP contribution in [0.4, 0.5) is 5.69 Å². The highest BCUT2D eigenvalue weighted by atomic mass is 32.2. The van der Waals surface area contributed by atoms with Crippen molar-refractivity contribution in [3.8, 4) is 0 Å². The van der Waals surface area contributed by atoms with Gasteiger partial charge < -0.3 is 4.90 Å². The number of nitrogens with zero attached hydrogens (tertiary/aromatic N) is 2. The zero-order valence-corrected chi connectivity index (χ0v) is 15.3. The molecule has 1 unspecified atom stereocenters. The first-order valence-corrected chi connectivity index (χ1v) is 8.93. The second kappa shape index (κ2) is 7.71. The zero-order chi connectivity index (χ0) is 18.7. The molecule has 1 rings (SSSR count). The van der Waals surface area contributed by atoms with E-state index in [-0.39, 0.29) is 17.9 Å². The number of amides is 1. The number of likely N-dealkylation sites (N-methyl/N-ethyl adjacent to an activating group) is 1.